The van der Waals surface area contributed by atoms with Crippen molar-refractivity contribution in [1.29, 1.82) is 0 Å². The molecular formula is C19H25F2NO4. The van der Waals surface area contributed by atoms with Gasteiger partial charge in [-0.2, -0.15) is 0 Å². The van der Waals surface area contributed by atoms with E-state index in [4.69, 9.17) is 9.47 Å². The maximum atomic E-state index is 14.7. The van der Waals surface area contributed by atoms with E-state index in [0.29, 0.717) is 5.56 Å². The van der Waals surface area contributed by atoms with Crippen molar-refractivity contribution >= 4 is 12.1 Å². The van der Waals surface area contributed by atoms with Gasteiger partial charge in [0.05, 0.1) is 24.6 Å². The van der Waals surface area contributed by atoms with Crippen molar-refractivity contribution in [3.63, 3.8) is 0 Å². The van der Waals surface area contributed by atoms with Crippen LogP contribution in [0.5, 0.6) is 0 Å². The predicted octanol–water partition coefficient (Wildman–Crippen LogP) is 4.22. The molecule has 1 aliphatic heterocycles. The van der Waals surface area contributed by atoms with E-state index in [2.05, 4.69) is 0 Å². The monoisotopic (exact) mass is 369 g/mol. The molecule has 0 spiro atoms. The summed E-state index contributed by atoms with van der Waals surface area (Å²) in [6.45, 7) is 6.43. The van der Waals surface area contributed by atoms with Crippen LogP contribution in [0.3, 0.4) is 0 Å². The standard InChI is InChI=1S/C19H25F2NO4/c1-5-25-16(23)14-8-6-7-13(11-14)15-9-10-22(12-19(15,20)21)17(24)26-18(2,3)4/h6-8,11,15H,5,9-10,12H2,1-4H3. The van der Waals surface area contributed by atoms with Gasteiger partial charge in [-0.15, -0.1) is 0 Å². The Labute approximate surface area is 152 Å². The van der Waals surface area contributed by atoms with Gasteiger partial charge >= 0.3 is 12.1 Å². The lowest BCUT2D eigenvalue weighted by Gasteiger charge is -2.39. The third-order valence-corrected chi connectivity index (χ3v) is 4.05. The summed E-state index contributed by atoms with van der Waals surface area (Å²) in [6, 6.07) is 6.12. The normalized spacial score (nSPS) is 19.8. The molecule has 0 aliphatic carbocycles. The van der Waals surface area contributed by atoms with Crippen LogP contribution in [0.1, 0.15) is 56.0 Å². The third kappa shape index (κ3) is 4.93. The highest BCUT2D eigenvalue weighted by molar-refractivity contribution is 5.89. The molecule has 1 amide bonds. The summed E-state index contributed by atoms with van der Waals surface area (Å²) in [5.41, 5.74) is -0.129. The minimum atomic E-state index is -3.12. The molecule has 0 saturated carbocycles. The molecule has 1 fully saturated rings. The summed E-state index contributed by atoms with van der Waals surface area (Å²) in [5, 5.41) is 0. The highest BCUT2D eigenvalue weighted by Crippen LogP contribution is 2.40. The second-order valence-electron chi connectivity index (χ2n) is 7.35. The maximum absolute atomic E-state index is 14.7. The molecular weight excluding hydrogens is 344 g/mol. The topological polar surface area (TPSA) is 55.8 Å². The lowest BCUT2D eigenvalue weighted by Crippen LogP contribution is -2.51. The molecule has 1 saturated heterocycles. The Hall–Kier alpha value is -2.18. The first-order chi connectivity index (χ1) is 12.0. The molecule has 0 bridgehead atoms. The average molecular weight is 369 g/mol. The number of nitrogens with zero attached hydrogens (tertiary/aromatic N) is 1. The number of alkyl halides is 2. The Kier molecular flexibility index (Phi) is 5.88. The molecule has 1 aromatic carbocycles. The molecule has 0 aromatic heterocycles. The fraction of sp³-hybridized carbons (Fsp3) is 0.579. The van der Waals surface area contributed by atoms with E-state index < -0.39 is 36.0 Å². The molecule has 1 aromatic rings. The highest BCUT2D eigenvalue weighted by Gasteiger charge is 2.47. The van der Waals surface area contributed by atoms with Crippen LogP contribution in [0.4, 0.5) is 13.6 Å². The van der Waals surface area contributed by atoms with E-state index in [1.165, 1.54) is 12.1 Å². The molecule has 0 N–H and O–H groups in total. The molecule has 26 heavy (non-hydrogen) atoms. The number of rotatable bonds is 3. The van der Waals surface area contributed by atoms with Gasteiger partial charge in [0.1, 0.15) is 5.60 Å². The first-order valence-corrected chi connectivity index (χ1v) is 8.66. The number of amides is 1. The number of esters is 1. The van der Waals surface area contributed by atoms with Crippen molar-refractivity contribution in [3.8, 4) is 0 Å². The average Bonchev–Trinajstić information content (AvgIpc) is 2.52. The van der Waals surface area contributed by atoms with E-state index >= 15 is 0 Å². The Morgan fingerprint density at radius 3 is 2.58 bits per heavy atom. The molecule has 1 atom stereocenters. The summed E-state index contributed by atoms with van der Waals surface area (Å²) in [5.74, 6) is -4.73. The fourth-order valence-electron chi connectivity index (χ4n) is 2.93. The molecule has 0 radical (unpaired) electrons. The zero-order valence-electron chi connectivity index (χ0n) is 15.6. The first kappa shape index (κ1) is 20.1. The van der Waals surface area contributed by atoms with Crippen LogP contribution in [-0.2, 0) is 9.47 Å². The van der Waals surface area contributed by atoms with Crippen molar-refractivity contribution in [2.75, 3.05) is 19.7 Å². The summed E-state index contributed by atoms with van der Waals surface area (Å²) < 4.78 is 39.5. The van der Waals surface area contributed by atoms with E-state index in [0.717, 1.165) is 4.90 Å². The van der Waals surface area contributed by atoms with E-state index in [1.807, 2.05) is 0 Å². The minimum Gasteiger partial charge on any atom is -0.462 e. The van der Waals surface area contributed by atoms with Crippen LogP contribution in [0, 0.1) is 0 Å². The molecule has 2 rings (SSSR count). The Morgan fingerprint density at radius 2 is 2.00 bits per heavy atom. The lowest BCUT2D eigenvalue weighted by molar-refractivity contribution is -0.0849. The summed E-state index contributed by atoms with van der Waals surface area (Å²) >= 11 is 0. The summed E-state index contributed by atoms with van der Waals surface area (Å²) in [7, 11) is 0. The minimum absolute atomic E-state index is 0.0819. The Bertz CT molecular complexity index is 670. The Balaban J connectivity index is 2.15. The van der Waals surface area contributed by atoms with Crippen LogP contribution in [0.15, 0.2) is 24.3 Å². The molecule has 1 aliphatic rings. The third-order valence-electron chi connectivity index (χ3n) is 4.05. The van der Waals surface area contributed by atoms with E-state index in [-0.39, 0.29) is 25.1 Å². The van der Waals surface area contributed by atoms with Gasteiger partial charge in [0, 0.05) is 6.54 Å². The second kappa shape index (κ2) is 7.60. The molecule has 7 heteroatoms. The van der Waals surface area contributed by atoms with Crippen LogP contribution in [-0.4, -0.2) is 48.2 Å². The van der Waals surface area contributed by atoms with E-state index in [1.54, 1.807) is 39.8 Å². The zero-order chi connectivity index (χ0) is 19.5. The zero-order valence-corrected chi connectivity index (χ0v) is 15.6. The Morgan fingerprint density at radius 1 is 1.31 bits per heavy atom. The predicted molar refractivity (Wildman–Crippen MR) is 92.5 cm³/mol. The van der Waals surface area contributed by atoms with Gasteiger partial charge < -0.3 is 14.4 Å². The van der Waals surface area contributed by atoms with Gasteiger partial charge in [0.2, 0.25) is 0 Å². The number of halogens is 2. The lowest BCUT2D eigenvalue weighted by atomic mass is 9.85. The van der Waals surface area contributed by atoms with Crippen LogP contribution in [0.25, 0.3) is 0 Å². The second-order valence-corrected chi connectivity index (χ2v) is 7.35. The number of carbonyl (C=O) groups is 2. The SMILES string of the molecule is CCOC(=O)c1cccc(C2CCN(C(=O)OC(C)(C)C)CC2(F)F)c1. The molecule has 5 nitrogen and oxygen atoms in total. The van der Waals surface area contributed by atoms with Gasteiger partial charge in [0.15, 0.2) is 0 Å². The van der Waals surface area contributed by atoms with Crippen molar-refractivity contribution < 1.29 is 27.8 Å². The fourth-order valence-corrected chi connectivity index (χ4v) is 2.93. The van der Waals surface area contributed by atoms with Crippen LogP contribution in [0.2, 0.25) is 0 Å². The van der Waals surface area contributed by atoms with E-state index in [9.17, 15) is 18.4 Å². The van der Waals surface area contributed by atoms with Gasteiger partial charge in [-0.3, -0.25) is 0 Å². The van der Waals surface area contributed by atoms with Crippen molar-refractivity contribution in [3.05, 3.63) is 35.4 Å². The number of benzene rings is 1. The van der Waals surface area contributed by atoms with Crippen molar-refractivity contribution in [2.45, 2.75) is 51.6 Å². The quantitative estimate of drug-likeness (QED) is 0.749. The van der Waals surface area contributed by atoms with Crippen molar-refractivity contribution in [2.24, 2.45) is 0 Å². The van der Waals surface area contributed by atoms with Gasteiger partial charge in [-0.05, 0) is 51.8 Å². The number of piperidine rings is 1. The molecule has 1 heterocycles. The summed E-state index contributed by atoms with van der Waals surface area (Å²) in [4.78, 5) is 24.9. The van der Waals surface area contributed by atoms with Gasteiger partial charge in [0.25, 0.3) is 5.92 Å². The smallest absolute Gasteiger partial charge is 0.410 e. The number of ether oxygens (including phenoxy) is 2. The number of hydrogen-bond donors (Lipinski definition) is 0. The first-order valence-electron chi connectivity index (χ1n) is 8.66. The molecule has 144 valence electrons. The number of likely N-dealkylation sites (tertiary alicyclic amines) is 1. The van der Waals surface area contributed by atoms with Crippen molar-refractivity contribution in [1.82, 2.24) is 4.90 Å². The maximum Gasteiger partial charge on any atom is 0.410 e. The number of hydrogen-bond acceptors (Lipinski definition) is 4. The summed E-state index contributed by atoms with van der Waals surface area (Å²) in [6.07, 6.45) is -0.658. The van der Waals surface area contributed by atoms with Crippen LogP contribution >= 0.6 is 0 Å². The highest BCUT2D eigenvalue weighted by atomic mass is 19.3. The van der Waals surface area contributed by atoms with Crippen LogP contribution < -0.4 is 0 Å². The van der Waals surface area contributed by atoms with Gasteiger partial charge in [-0.1, -0.05) is 12.1 Å². The molecule has 1 unspecified atom stereocenters. The number of carbonyl (C=O) groups excluding carboxylic acids is 2. The van der Waals surface area contributed by atoms with Gasteiger partial charge in [-0.25, -0.2) is 18.4 Å². The largest absolute Gasteiger partial charge is 0.462 e.